The molecule has 0 spiro atoms. The largest absolute Gasteiger partial charge is 0.495 e. The highest BCUT2D eigenvalue weighted by Crippen LogP contribution is 2.23. The molecule has 2 rings (SSSR count). The molecule has 1 aromatic heterocycles. The Hall–Kier alpha value is -2.94. The molecule has 1 heterocycles. The smallest absolute Gasteiger partial charge is 0.312 e. The number of benzene rings is 1. The summed E-state index contributed by atoms with van der Waals surface area (Å²) >= 11 is 0. The van der Waals surface area contributed by atoms with Crippen LogP contribution in [0.25, 0.3) is 0 Å². The first-order valence-corrected chi connectivity index (χ1v) is 8.82. The van der Waals surface area contributed by atoms with E-state index < -0.39 is 4.92 Å². The van der Waals surface area contributed by atoms with Crippen molar-refractivity contribution in [3.05, 3.63) is 45.8 Å². The van der Waals surface area contributed by atoms with Crippen molar-refractivity contribution in [3.63, 3.8) is 0 Å². The van der Waals surface area contributed by atoms with Crippen LogP contribution in [0.4, 0.5) is 11.4 Å². The van der Waals surface area contributed by atoms with Gasteiger partial charge in [0.1, 0.15) is 17.1 Å². The van der Waals surface area contributed by atoms with Gasteiger partial charge in [-0.15, -0.1) is 0 Å². The van der Waals surface area contributed by atoms with E-state index in [9.17, 15) is 14.9 Å². The summed E-state index contributed by atoms with van der Waals surface area (Å²) in [6, 6.07) is 7.21. The molecule has 0 fully saturated rings. The number of nitrogens with one attached hydrogen (secondary N) is 2. The zero-order valence-corrected chi connectivity index (χ0v) is 16.1. The summed E-state index contributed by atoms with van der Waals surface area (Å²) in [5, 5.41) is 18.3. The van der Waals surface area contributed by atoms with Crippen molar-refractivity contribution in [1.29, 1.82) is 0 Å². The maximum atomic E-state index is 12.5. The lowest BCUT2D eigenvalue weighted by Gasteiger charge is -2.19. The summed E-state index contributed by atoms with van der Waals surface area (Å²) in [5.41, 5.74) is 1.52. The third kappa shape index (κ3) is 5.04. The summed E-state index contributed by atoms with van der Waals surface area (Å²) in [4.78, 5) is 24.2. The normalized spacial score (nSPS) is 11.9. The molecular weight excluding hydrogens is 350 g/mol. The van der Waals surface area contributed by atoms with Crippen LogP contribution in [0, 0.1) is 24.0 Å². The van der Waals surface area contributed by atoms with Gasteiger partial charge < -0.3 is 15.0 Å². The van der Waals surface area contributed by atoms with E-state index in [2.05, 4.69) is 10.4 Å². The van der Waals surface area contributed by atoms with Gasteiger partial charge in [-0.2, -0.15) is 5.10 Å². The number of amides is 1. The van der Waals surface area contributed by atoms with Crippen molar-refractivity contribution in [1.82, 2.24) is 9.78 Å². The molecule has 0 aliphatic rings. The van der Waals surface area contributed by atoms with Gasteiger partial charge in [0.15, 0.2) is 13.2 Å². The van der Waals surface area contributed by atoms with Crippen LogP contribution in [0.15, 0.2) is 24.3 Å². The maximum Gasteiger partial charge on any atom is 0.312 e. The van der Waals surface area contributed by atoms with E-state index in [4.69, 9.17) is 4.74 Å². The summed E-state index contributed by atoms with van der Waals surface area (Å²) in [5.74, 6) is 0.441. The Morgan fingerprint density at radius 1 is 1.37 bits per heavy atom. The fraction of sp³-hybridized carbons (Fsp3) is 0.444. The van der Waals surface area contributed by atoms with Crippen molar-refractivity contribution in [2.24, 2.45) is 0 Å². The first-order chi connectivity index (χ1) is 12.9. The molecule has 2 aromatic rings. The monoisotopic (exact) mass is 376 g/mol. The third-order valence-electron chi connectivity index (χ3n) is 4.29. The molecule has 0 saturated carbocycles. The predicted molar refractivity (Wildman–Crippen MR) is 101 cm³/mol. The van der Waals surface area contributed by atoms with Crippen LogP contribution >= 0.6 is 0 Å². The lowest BCUT2D eigenvalue weighted by atomic mass is 10.3. The Morgan fingerprint density at radius 2 is 2.07 bits per heavy atom. The summed E-state index contributed by atoms with van der Waals surface area (Å²) in [7, 11) is 1.55. The Kier molecular flexibility index (Phi) is 6.89. The van der Waals surface area contributed by atoms with Gasteiger partial charge in [0.25, 0.3) is 5.91 Å². The molecule has 0 bridgehead atoms. The van der Waals surface area contributed by atoms with Crippen LogP contribution in [0.3, 0.4) is 0 Å². The van der Waals surface area contributed by atoms with Gasteiger partial charge in [0.2, 0.25) is 0 Å². The molecular formula is C18H26N5O4+. The molecule has 0 aliphatic carbocycles. The number of para-hydroxylation sites is 2. The molecule has 0 aliphatic heterocycles. The number of methoxy groups -OCH3 is 1. The van der Waals surface area contributed by atoms with Crippen LogP contribution in [0.1, 0.15) is 24.7 Å². The number of ether oxygens (including phenoxy) is 1. The van der Waals surface area contributed by atoms with E-state index in [0.29, 0.717) is 29.5 Å². The van der Waals surface area contributed by atoms with Crippen LogP contribution in [0.2, 0.25) is 0 Å². The number of aryl methyl sites for hydroxylation is 1. The SMILES string of the molecule is CCC[NH+](CC(=O)Nc1ccccc1OC)Cn1nc(C)c([N+](=O)[O-])c1C. The minimum absolute atomic E-state index is 0.0318. The fourth-order valence-corrected chi connectivity index (χ4v) is 3.06. The summed E-state index contributed by atoms with van der Waals surface area (Å²) in [6.07, 6.45) is 0.874. The number of nitro groups is 1. The molecule has 0 saturated heterocycles. The highest BCUT2D eigenvalue weighted by atomic mass is 16.6. The number of quaternary nitrogens is 1. The Bertz CT molecular complexity index is 818. The highest BCUT2D eigenvalue weighted by molar-refractivity contribution is 5.92. The van der Waals surface area contributed by atoms with Crippen molar-refractivity contribution < 1.29 is 19.4 Å². The van der Waals surface area contributed by atoms with Crippen molar-refractivity contribution >= 4 is 17.3 Å². The molecule has 1 unspecified atom stereocenters. The van der Waals surface area contributed by atoms with E-state index in [1.54, 1.807) is 37.8 Å². The zero-order chi connectivity index (χ0) is 20.0. The number of aromatic nitrogens is 2. The van der Waals surface area contributed by atoms with E-state index >= 15 is 0 Å². The van der Waals surface area contributed by atoms with E-state index in [1.165, 1.54) is 0 Å². The van der Waals surface area contributed by atoms with Gasteiger partial charge in [-0.1, -0.05) is 19.1 Å². The lowest BCUT2D eigenvalue weighted by molar-refractivity contribution is -0.915. The molecule has 2 N–H and O–H groups in total. The molecule has 9 heteroatoms. The fourth-order valence-electron chi connectivity index (χ4n) is 3.06. The predicted octanol–water partition coefficient (Wildman–Crippen LogP) is 1.31. The Labute approximate surface area is 158 Å². The Balaban J connectivity index is 2.10. The molecule has 1 amide bonds. The standard InChI is InChI=1S/C18H25N5O4/c1-5-10-21(12-22-14(3)18(23(25)26)13(2)20-22)11-17(24)19-15-8-6-7-9-16(15)27-4/h6-9H,5,10-12H2,1-4H3,(H,19,24)/p+1. The minimum Gasteiger partial charge on any atom is -0.495 e. The topological polar surface area (TPSA) is 104 Å². The van der Waals surface area contributed by atoms with Crippen LogP contribution in [-0.2, 0) is 11.5 Å². The third-order valence-corrected chi connectivity index (χ3v) is 4.29. The maximum absolute atomic E-state index is 12.5. The summed E-state index contributed by atoms with van der Waals surface area (Å²) < 4.78 is 6.85. The van der Waals surface area contributed by atoms with Crippen molar-refractivity contribution in [2.45, 2.75) is 33.9 Å². The molecule has 27 heavy (non-hydrogen) atoms. The number of rotatable bonds is 9. The van der Waals surface area contributed by atoms with Gasteiger partial charge in [0.05, 0.1) is 24.3 Å². The second-order valence-electron chi connectivity index (χ2n) is 6.36. The van der Waals surface area contributed by atoms with Gasteiger partial charge in [-0.25, -0.2) is 4.68 Å². The van der Waals surface area contributed by atoms with E-state index in [-0.39, 0.29) is 18.1 Å². The van der Waals surface area contributed by atoms with Gasteiger partial charge in [-0.3, -0.25) is 14.9 Å². The van der Waals surface area contributed by atoms with Gasteiger partial charge >= 0.3 is 5.69 Å². The van der Waals surface area contributed by atoms with Crippen LogP contribution in [-0.4, -0.2) is 40.8 Å². The van der Waals surface area contributed by atoms with Gasteiger partial charge in [0, 0.05) is 0 Å². The zero-order valence-electron chi connectivity index (χ0n) is 16.1. The second-order valence-corrected chi connectivity index (χ2v) is 6.36. The van der Waals surface area contributed by atoms with E-state index in [1.807, 2.05) is 19.1 Å². The first kappa shape index (κ1) is 20.4. The molecule has 1 atom stereocenters. The van der Waals surface area contributed by atoms with Crippen LogP contribution in [0.5, 0.6) is 5.75 Å². The summed E-state index contributed by atoms with van der Waals surface area (Å²) in [6.45, 7) is 6.67. The van der Waals surface area contributed by atoms with Crippen molar-refractivity contribution in [2.75, 3.05) is 25.5 Å². The minimum atomic E-state index is -0.415. The number of anilines is 1. The molecule has 1 aromatic carbocycles. The number of hydrogen-bond acceptors (Lipinski definition) is 5. The van der Waals surface area contributed by atoms with Crippen LogP contribution < -0.4 is 15.0 Å². The average Bonchev–Trinajstić information content (AvgIpc) is 2.89. The second kappa shape index (κ2) is 9.13. The average molecular weight is 376 g/mol. The Morgan fingerprint density at radius 3 is 2.67 bits per heavy atom. The highest BCUT2D eigenvalue weighted by Gasteiger charge is 2.24. The molecule has 146 valence electrons. The van der Waals surface area contributed by atoms with E-state index in [0.717, 1.165) is 17.9 Å². The molecule has 9 nitrogen and oxygen atoms in total. The lowest BCUT2D eigenvalue weighted by Crippen LogP contribution is -3.12. The number of carbonyl (C=O) groups is 1. The number of hydrogen-bond donors (Lipinski definition) is 2. The quantitative estimate of drug-likeness (QED) is 0.507. The van der Waals surface area contributed by atoms with Crippen molar-refractivity contribution in [3.8, 4) is 5.75 Å². The first-order valence-electron chi connectivity index (χ1n) is 8.82. The number of carbonyl (C=O) groups excluding carboxylic acids is 1. The molecule has 0 radical (unpaired) electrons. The van der Waals surface area contributed by atoms with Gasteiger partial charge in [-0.05, 0) is 32.4 Å². The number of nitrogens with zero attached hydrogens (tertiary/aromatic N) is 3.